The number of hydrogen-bond acceptors (Lipinski definition) is 4. The summed E-state index contributed by atoms with van der Waals surface area (Å²) in [7, 11) is 0. The monoisotopic (exact) mass is 463 g/mol. The molecule has 2 amide bonds. The molecule has 1 saturated heterocycles. The van der Waals surface area contributed by atoms with Gasteiger partial charge in [0, 0.05) is 12.0 Å². The van der Waals surface area contributed by atoms with E-state index in [1.54, 1.807) is 6.08 Å². The van der Waals surface area contributed by atoms with Crippen LogP contribution in [0.2, 0.25) is 0 Å². The molecule has 6 heteroatoms. The Morgan fingerprint density at radius 3 is 2.12 bits per heavy atom. The molecule has 6 nitrogen and oxygen atoms in total. The molecular formula is C28H33NO5. The van der Waals surface area contributed by atoms with Crippen LogP contribution in [-0.2, 0) is 14.4 Å². The maximum atomic E-state index is 11.9. The van der Waals surface area contributed by atoms with Crippen molar-refractivity contribution in [3.63, 3.8) is 0 Å². The van der Waals surface area contributed by atoms with Crippen molar-refractivity contribution in [3.05, 3.63) is 59.7 Å². The molecule has 0 unspecified atom stereocenters. The molecule has 2 aromatic carbocycles. The molecule has 0 atom stereocenters. The fraction of sp³-hybridized carbons (Fsp3) is 0.393. The Labute approximate surface area is 200 Å². The summed E-state index contributed by atoms with van der Waals surface area (Å²) in [6.07, 6.45) is 11.9. The number of carbonyl (C=O) groups is 3. The molecule has 0 aromatic heterocycles. The van der Waals surface area contributed by atoms with Crippen LogP contribution < -0.4 is 10.1 Å². The minimum absolute atomic E-state index is 0.196. The van der Waals surface area contributed by atoms with Crippen LogP contribution in [0, 0.1) is 0 Å². The topological polar surface area (TPSA) is 92.7 Å². The number of aliphatic carboxylic acids is 1. The lowest BCUT2D eigenvalue weighted by Crippen LogP contribution is -2.19. The van der Waals surface area contributed by atoms with Crippen molar-refractivity contribution in [2.24, 2.45) is 0 Å². The van der Waals surface area contributed by atoms with Crippen LogP contribution in [0.15, 0.2) is 54.1 Å². The third-order valence-electron chi connectivity index (χ3n) is 6.02. The zero-order chi connectivity index (χ0) is 24.3. The fourth-order valence-corrected chi connectivity index (χ4v) is 4.05. The molecule has 0 saturated carbocycles. The molecule has 0 aliphatic carbocycles. The molecular weight excluding hydrogens is 430 g/mol. The molecule has 2 N–H and O–H groups in total. The van der Waals surface area contributed by atoms with Crippen molar-refractivity contribution in [1.29, 1.82) is 0 Å². The fourth-order valence-electron chi connectivity index (χ4n) is 4.05. The van der Waals surface area contributed by atoms with Crippen molar-refractivity contribution in [2.45, 2.75) is 64.2 Å². The maximum absolute atomic E-state index is 11.9. The van der Waals surface area contributed by atoms with Gasteiger partial charge >= 0.3 is 5.97 Å². The van der Waals surface area contributed by atoms with Crippen molar-refractivity contribution in [2.75, 3.05) is 6.61 Å². The lowest BCUT2D eigenvalue weighted by atomic mass is 10.0. The number of benzene rings is 2. The smallest absolute Gasteiger partial charge is 0.303 e. The van der Waals surface area contributed by atoms with Crippen LogP contribution in [0.25, 0.3) is 16.8 Å². The third-order valence-corrected chi connectivity index (χ3v) is 6.02. The van der Waals surface area contributed by atoms with E-state index < -0.39 is 17.8 Å². The standard InChI is InChI=1S/C28H33NO5/c1-20-25(28(33)29-27(20)32)18-21-12-13-23-19-24(15-14-22(23)17-21)34-16-10-8-6-4-2-3-5-7-9-11-26(30)31/h12-15,17-19H,1-11,16H2,(H,30,31)(H,29,32,33)/b25-18+. The number of imide groups is 1. The van der Waals surface area contributed by atoms with Gasteiger partial charge in [0.05, 0.1) is 12.2 Å². The molecule has 1 aliphatic rings. The van der Waals surface area contributed by atoms with Gasteiger partial charge in [-0.1, -0.05) is 69.7 Å². The SMILES string of the molecule is C=C1C(=O)NC(=O)/C1=C/c1ccc2cc(OCCCCCCCCCCCC(=O)O)ccc2c1. The van der Waals surface area contributed by atoms with Crippen LogP contribution >= 0.6 is 0 Å². The Balaban J connectivity index is 1.36. The van der Waals surface area contributed by atoms with Crippen LogP contribution in [0.1, 0.15) is 69.8 Å². The summed E-state index contributed by atoms with van der Waals surface area (Å²) in [5.74, 6) is -0.708. The molecule has 0 radical (unpaired) electrons. The summed E-state index contributed by atoms with van der Waals surface area (Å²) in [5.41, 5.74) is 1.34. The largest absolute Gasteiger partial charge is 0.494 e. The van der Waals surface area contributed by atoms with Gasteiger partial charge in [-0.2, -0.15) is 0 Å². The summed E-state index contributed by atoms with van der Waals surface area (Å²) in [6.45, 7) is 4.37. The second-order valence-corrected chi connectivity index (χ2v) is 8.76. The van der Waals surface area contributed by atoms with Gasteiger partial charge in [0.25, 0.3) is 11.8 Å². The van der Waals surface area contributed by atoms with Gasteiger partial charge < -0.3 is 9.84 Å². The zero-order valence-electron chi connectivity index (χ0n) is 19.6. The Hall–Kier alpha value is -3.41. The zero-order valence-corrected chi connectivity index (χ0v) is 19.6. The highest BCUT2D eigenvalue weighted by atomic mass is 16.5. The van der Waals surface area contributed by atoms with E-state index >= 15 is 0 Å². The molecule has 1 heterocycles. The van der Waals surface area contributed by atoms with Crippen molar-refractivity contribution >= 4 is 34.6 Å². The Morgan fingerprint density at radius 2 is 1.47 bits per heavy atom. The number of ether oxygens (including phenoxy) is 1. The van der Waals surface area contributed by atoms with Gasteiger partial charge in [-0.15, -0.1) is 0 Å². The van der Waals surface area contributed by atoms with Crippen LogP contribution in [-0.4, -0.2) is 29.5 Å². The van der Waals surface area contributed by atoms with Gasteiger partial charge in [-0.3, -0.25) is 19.7 Å². The lowest BCUT2D eigenvalue weighted by molar-refractivity contribution is -0.137. The van der Waals surface area contributed by atoms with Crippen molar-refractivity contribution in [1.82, 2.24) is 5.32 Å². The molecule has 1 fully saturated rings. The minimum atomic E-state index is -0.698. The van der Waals surface area contributed by atoms with Gasteiger partial charge in [-0.25, -0.2) is 0 Å². The lowest BCUT2D eigenvalue weighted by Gasteiger charge is -2.08. The number of unbranched alkanes of at least 4 members (excludes halogenated alkanes) is 8. The first-order valence-electron chi connectivity index (χ1n) is 12.1. The molecule has 0 bridgehead atoms. The van der Waals surface area contributed by atoms with E-state index in [0.29, 0.717) is 12.2 Å². The van der Waals surface area contributed by atoms with Crippen LogP contribution in [0.5, 0.6) is 5.75 Å². The van der Waals surface area contributed by atoms with E-state index in [4.69, 9.17) is 9.84 Å². The maximum Gasteiger partial charge on any atom is 0.303 e. The highest BCUT2D eigenvalue weighted by Gasteiger charge is 2.28. The molecule has 1 aliphatic heterocycles. The van der Waals surface area contributed by atoms with Gasteiger partial charge in [0.2, 0.25) is 0 Å². The summed E-state index contributed by atoms with van der Waals surface area (Å²) in [5, 5.41) is 12.9. The molecule has 3 rings (SSSR count). The number of carboxylic acid groups (broad SMARTS) is 1. The first-order valence-corrected chi connectivity index (χ1v) is 12.1. The highest BCUT2D eigenvalue weighted by molar-refractivity contribution is 6.26. The van der Waals surface area contributed by atoms with Gasteiger partial charge in [0.1, 0.15) is 5.75 Å². The summed E-state index contributed by atoms with van der Waals surface area (Å²) in [6, 6.07) is 11.8. The number of carbonyl (C=O) groups excluding carboxylic acids is 2. The quantitative estimate of drug-likeness (QED) is 0.210. The summed E-state index contributed by atoms with van der Waals surface area (Å²) < 4.78 is 5.92. The number of hydrogen-bond donors (Lipinski definition) is 2. The number of amides is 2. The Kier molecular flexibility index (Phi) is 9.44. The predicted molar refractivity (Wildman–Crippen MR) is 134 cm³/mol. The molecule has 180 valence electrons. The van der Waals surface area contributed by atoms with E-state index in [1.165, 1.54) is 25.7 Å². The van der Waals surface area contributed by atoms with Crippen molar-refractivity contribution < 1.29 is 24.2 Å². The number of nitrogens with one attached hydrogen (secondary N) is 1. The number of rotatable bonds is 14. The molecule has 0 spiro atoms. The highest BCUT2D eigenvalue weighted by Crippen LogP contribution is 2.25. The van der Waals surface area contributed by atoms with E-state index in [0.717, 1.165) is 54.2 Å². The molecule has 2 aromatic rings. The average molecular weight is 464 g/mol. The van der Waals surface area contributed by atoms with E-state index in [1.807, 2.05) is 36.4 Å². The predicted octanol–water partition coefficient (Wildman–Crippen LogP) is 5.80. The Bertz CT molecular complexity index is 1090. The number of fused-ring (bicyclic) bond motifs is 1. The van der Waals surface area contributed by atoms with Crippen LogP contribution in [0.3, 0.4) is 0 Å². The Morgan fingerprint density at radius 1 is 0.853 bits per heavy atom. The van der Waals surface area contributed by atoms with Gasteiger partial charge in [0.15, 0.2) is 0 Å². The summed E-state index contributed by atoms with van der Waals surface area (Å²) >= 11 is 0. The number of carboxylic acids is 1. The minimum Gasteiger partial charge on any atom is -0.494 e. The van der Waals surface area contributed by atoms with Crippen LogP contribution in [0.4, 0.5) is 0 Å². The van der Waals surface area contributed by atoms with E-state index in [-0.39, 0.29) is 12.0 Å². The molecule has 34 heavy (non-hydrogen) atoms. The second-order valence-electron chi connectivity index (χ2n) is 8.76. The first-order chi connectivity index (χ1) is 16.4. The van der Waals surface area contributed by atoms with E-state index in [2.05, 4.69) is 11.9 Å². The van der Waals surface area contributed by atoms with E-state index in [9.17, 15) is 14.4 Å². The normalized spacial score (nSPS) is 14.7. The first kappa shape index (κ1) is 25.2. The average Bonchev–Trinajstić information content (AvgIpc) is 3.05. The van der Waals surface area contributed by atoms with Gasteiger partial charge in [-0.05, 0) is 53.5 Å². The second kappa shape index (κ2) is 12.7. The third kappa shape index (κ3) is 7.58. The summed E-state index contributed by atoms with van der Waals surface area (Å²) in [4.78, 5) is 33.9. The van der Waals surface area contributed by atoms with Crippen molar-refractivity contribution in [3.8, 4) is 5.75 Å².